The molecule has 0 bridgehead atoms. The van der Waals surface area contributed by atoms with Gasteiger partial charge in [-0.05, 0) is 30.4 Å². The molecule has 0 aliphatic rings. The first kappa shape index (κ1) is 25.6. The van der Waals surface area contributed by atoms with E-state index in [4.69, 9.17) is 9.47 Å². The van der Waals surface area contributed by atoms with E-state index in [9.17, 15) is 4.79 Å². The molecular formula is C18H31IN4O3S. The maximum atomic E-state index is 11.7. The zero-order chi connectivity index (χ0) is 19.4. The van der Waals surface area contributed by atoms with Crippen molar-refractivity contribution < 1.29 is 14.3 Å². The van der Waals surface area contributed by atoms with Crippen LogP contribution < -0.4 is 20.1 Å². The summed E-state index contributed by atoms with van der Waals surface area (Å²) in [6, 6.07) is 5.88. The maximum Gasteiger partial charge on any atom is 0.243 e. The summed E-state index contributed by atoms with van der Waals surface area (Å²) in [5.74, 6) is 3.02. The number of guanidine groups is 1. The van der Waals surface area contributed by atoms with Gasteiger partial charge < -0.3 is 25.0 Å². The Morgan fingerprint density at radius 2 is 1.81 bits per heavy atom. The maximum absolute atomic E-state index is 11.7. The molecule has 0 heterocycles. The molecule has 0 radical (unpaired) electrons. The van der Waals surface area contributed by atoms with Gasteiger partial charge in [0.15, 0.2) is 17.5 Å². The van der Waals surface area contributed by atoms with Crippen molar-refractivity contribution in [2.45, 2.75) is 6.42 Å². The monoisotopic (exact) mass is 510 g/mol. The van der Waals surface area contributed by atoms with Gasteiger partial charge in [-0.25, -0.2) is 4.99 Å². The number of nitrogens with zero attached hydrogens (tertiary/aromatic N) is 2. The average molecular weight is 510 g/mol. The highest BCUT2D eigenvalue weighted by Gasteiger charge is 2.06. The number of carbonyl (C=O) groups excluding carboxylic acids is 1. The minimum absolute atomic E-state index is 0. The molecule has 0 unspecified atom stereocenters. The highest BCUT2D eigenvalue weighted by Crippen LogP contribution is 2.27. The summed E-state index contributed by atoms with van der Waals surface area (Å²) in [6.45, 7) is 1.61. The molecule has 1 aromatic rings. The molecule has 0 fully saturated rings. The van der Waals surface area contributed by atoms with Crippen LogP contribution in [0.2, 0.25) is 0 Å². The molecule has 7 nitrogen and oxygen atoms in total. The first-order valence-corrected chi connectivity index (χ1v) is 9.83. The van der Waals surface area contributed by atoms with Gasteiger partial charge in [0.25, 0.3) is 0 Å². The van der Waals surface area contributed by atoms with Crippen molar-refractivity contribution >= 4 is 47.6 Å². The first-order chi connectivity index (χ1) is 12.5. The number of methoxy groups -OCH3 is 2. The number of hydrogen-bond donors (Lipinski definition) is 2. The lowest BCUT2D eigenvalue weighted by molar-refractivity contribution is -0.127. The minimum atomic E-state index is -0.0316. The van der Waals surface area contributed by atoms with Crippen LogP contribution in [0, 0.1) is 0 Å². The van der Waals surface area contributed by atoms with Gasteiger partial charge >= 0.3 is 0 Å². The molecule has 0 atom stereocenters. The molecule has 0 aromatic heterocycles. The Hall–Kier alpha value is -1.36. The molecule has 9 heteroatoms. The van der Waals surface area contributed by atoms with E-state index in [1.54, 1.807) is 40.1 Å². The molecule has 0 aliphatic carbocycles. The zero-order valence-electron chi connectivity index (χ0n) is 16.7. The van der Waals surface area contributed by atoms with Crippen molar-refractivity contribution in [3.05, 3.63) is 23.8 Å². The second-order valence-corrected chi connectivity index (χ2v) is 6.72. The largest absolute Gasteiger partial charge is 0.493 e. The Morgan fingerprint density at radius 3 is 2.41 bits per heavy atom. The van der Waals surface area contributed by atoms with Crippen molar-refractivity contribution in [1.29, 1.82) is 0 Å². The van der Waals surface area contributed by atoms with Crippen LogP contribution in [0.1, 0.15) is 5.56 Å². The zero-order valence-corrected chi connectivity index (χ0v) is 19.9. The summed E-state index contributed by atoms with van der Waals surface area (Å²) in [5.41, 5.74) is 1.13. The summed E-state index contributed by atoms with van der Waals surface area (Å²) in [6.07, 6.45) is 2.85. The van der Waals surface area contributed by atoms with Crippen LogP contribution in [0.15, 0.2) is 23.2 Å². The van der Waals surface area contributed by atoms with Gasteiger partial charge in [-0.1, -0.05) is 6.07 Å². The van der Waals surface area contributed by atoms with Crippen molar-refractivity contribution in [3.8, 4) is 11.5 Å². The first-order valence-electron chi connectivity index (χ1n) is 8.44. The molecule has 1 rings (SSSR count). The van der Waals surface area contributed by atoms with E-state index < -0.39 is 0 Å². The fraction of sp³-hybridized carbons (Fsp3) is 0.556. The molecular weight excluding hydrogens is 479 g/mol. The lowest BCUT2D eigenvalue weighted by Crippen LogP contribution is -2.40. The van der Waals surface area contributed by atoms with E-state index in [2.05, 4.69) is 21.9 Å². The van der Waals surface area contributed by atoms with Gasteiger partial charge in [0.1, 0.15) is 6.54 Å². The Bertz CT molecular complexity index is 600. The molecule has 0 aliphatic heterocycles. The van der Waals surface area contributed by atoms with Gasteiger partial charge in [0.2, 0.25) is 5.91 Å². The summed E-state index contributed by atoms with van der Waals surface area (Å²) in [4.78, 5) is 17.6. The number of amides is 1. The number of ether oxygens (including phenoxy) is 2. The van der Waals surface area contributed by atoms with Crippen molar-refractivity contribution in [3.63, 3.8) is 0 Å². The number of hydrogen-bond acceptors (Lipinski definition) is 5. The standard InChI is InChI=1S/C18H30N4O3S.HI/c1-22(2)17(23)13-21-18(20-10-11-26-5)19-9-8-14-6-7-15(24-3)16(12-14)25-4;/h6-7,12H,8-11,13H2,1-5H3,(H2,19,20,21);1H. The van der Waals surface area contributed by atoms with E-state index in [0.717, 1.165) is 24.3 Å². The van der Waals surface area contributed by atoms with E-state index in [1.165, 1.54) is 4.90 Å². The molecule has 2 N–H and O–H groups in total. The number of rotatable bonds is 10. The number of benzene rings is 1. The summed E-state index contributed by atoms with van der Waals surface area (Å²) in [5, 5.41) is 6.52. The van der Waals surface area contributed by atoms with Crippen LogP contribution in [0.25, 0.3) is 0 Å². The molecule has 1 aromatic carbocycles. The van der Waals surface area contributed by atoms with Crippen LogP contribution in [-0.4, -0.2) is 76.7 Å². The average Bonchev–Trinajstić information content (AvgIpc) is 2.65. The van der Waals surface area contributed by atoms with Gasteiger partial charge in [-0.15, -0.1) is 24.0 Å². The summed E-state index contributed by atoms with van der Waals surface area (Å²) in [7, 11) is 6.70. The molecule has 27 heavy (non-hydrogen) atoms. The Morgan fingerprint density at radius 1 is 1.15 bits per heavy atom. The second-order valence-electron chi connectivity index (χ2n) is 5.74. The predicted molar refractivity (Wildman–Crippen MR) is 124 cm³/mol. The topological polar surface area (TPSA) is 75.2 Å². The summed E-state index contributed by atoms with van der Waals surface area (Å²) < 4.78 is 10.6. The van der Waals surface area contributed by atoms with Crippen molar-refractivity contribution in [2.24, 2.45) is 4.99 Å². The van der Waals surface area contributed by atoms with E-state index in [-0.39, 0.29) is 36.4 Å². The third-order valence-corrected chi connectivity index (χ3v) is 4.24. The van der Waals surface area contributed by atoms with Crippen molar-refractivity contribution in [1.82, 2.24) is 15.5 Å². The number of nitrogens with one attached hydrogen (secondary N) is 2. The number of halogens is 1. The Kier molecular flexibility index (Phi) is 13.9. The van der Waals surface area contributed by atoms with Gasteiger partial charge in [-0.3, -0.25) is 4.79 Å². The second kappa shape index (κ2) is 14.7. The fourth-order valence-electron chi connectivity index (χ4n) is 2.10. The lowest BCUT2D eigenvalue weighted by Gasteiger charge is -2.14. The Labute approximate surface area is 183 Å². The molecule has 0 saturated heterocycles. The number of aliphatic imine (C=N–C) groups is 1. The quantitative estimate of drug-likeness (QED) is 0.217. The molecule has 154 valence electrons. The normalized spacial score (nSPS) is 10.6. The SMILES string of the molecule is COc1ccc(CCNC(=NCC(=O)N(C)C)NCCSC)cc1OC.I. The highest BCUT2D eigenvalue weighted by molar-refractivity contribution is 14.0. The fourth-order valence-corrected chi connectivity index (χ4v) is 2.40. The minimum Gasteiger partial charge on any atom is -0.493 e. The summed E-state index contributed by atoms with van der Waals surface area (Å²) >= 11 is 1.75. The third-order valence-electron chi connectivity index (χ3n) is 3.62. The van der Waals surface area contributed by atoms with Crippen LogP contribution in [0.5, 0.6) is 11.5 Å². The van der Waals surface area contributed by atoms with Crippen molar-refractivity contribution in [2.75, 3.05) is 60.0 Å². The lowest BCUT2D eigenvalue weighted by atomic mass is 10.1. The number of likely N-dealkylation sites (N-methyl/N-ethyl adjacent to an activating group) is 1. The van der Waals surface area contributed by atoms with Gasteiger partial charge in [0, 0.05) is 32.9 Å². The van der Waals surface area contributed by atoms with Crippen LogP contribution in [-0.2, 0) is 11.2 Å². The molecule has 0 spiro atoms. The van der Waals surface area contributed by atoms with Crippen LogP contribution in [0.3, 0.4) is 0 Å². The number of carbonyl (C=O) groups is 1. The predicted octanol–water partition coefficient (Wildman–Crippen LogP) is 1.85. The third kappa shape index (κ3) is 9.94. The van der Waals surface area contributed by atoms with Crippen LogP contribution in [0.4, 0.5) is 0 Å². The van der Waals surface area contributed by atoms with E-state index in [0.29, 0.717) is 24.0 Å². The van der Waals surface area contributed by atoms with Gasteiger partial charge in [0.05, 0.1) is 14.2 Å². The highest BCUT2D eigenvalue weighted by atomic mass is 127. The van der Waals surface area contributed by atoms with E-state index >= 15 is 0 Å². The smallest absolute Gasteiger partial charge is 0.243 e. The molecule has 1 amide bonds. The number of thioether (sulfide) groups is 1. The van der Waals surface area contributed by atoms with Crippen LogP contribution >= 0.6 is 35.7 Å². The van der Waals surface area contributed by atoms with E-state index in [1.807, 2.05) is 18.2 Å². The van der Waals surface area contributed by atoms with Gasteiger partial charge in [-0.2, -0.15) is 11.8 Å². The Balaban J connectivity index is 0.00000676. The molecule has 0 saturated carbocycles.